The second-order valence-electron chi connectivity index (χ2n) is 6.15. The topological polar surface area (TPSA) is 66.0 Å². The third-order valence-corrected chi connectivity index (χ3v) is 4.70. The van der Waals surface area contributed by atoms with Gasteiger partial charge in [0, 0.05) is 6.04 Å². The van der Waals surface area contributed by atoms with E-state index in [0.717, 1.165) is 30.8 Å². The Morgan fingerprint density at radius 1 is 1.46 bits per heavy atom. The number of nitrogens with one attached hydrogen (secondary N) is 2. The Labute approximate surface area is 146 Å². The van der Waals surface area contributed by atoms with Crippen molar-refractivity contribution in [3.05, 3.63) is 46.5 Å². The molecule has 1 fully saturated rings. The maximum Gasteiger partial charge on any atom is 0.242 e. The number of amides is 1. The number of hydrogen-bond acceptors (Lipinski definition) is 4. The molecule has 1 amide bonds. The van der Waals surface area contributed by atoms with E-state index >= 15 is 0 Å². The minimum atomic E-state index is -0.313. The van der Waals surface area contributed by atoms with Gasteiger partial charge in [0.15, 0.2) is 10.6 Å². The smallest absolute Gasteiger partial charge is 0.242 e. The fourth-order valence-corrected chi connectivity index (χ4v) is 3.16. The third kappa shape index (κ3) is 3.57. The maximum absolute atomic E-state index is 12.8. The molecule has 0 radical (unpaired) electrons. The minimum Gasteiger partial charge on any atom is -0.347 e. The van der Waals surface area contributed by atoms with Crippen LogP contribution < -0.4 is 5.32 Å². The van der Waals surface area contributed by atoms with Crippen LogP contribution in [0.4, 0.5) is 0 Å². The molecule has 1 heterocycles. The Balaban J connectivity index is 1.73. The van der Waals surface area contributed by atoms with Crippen LogP contribution in [0.2, 0.25) is 0 Å². The summed E-state index contributed by atoms with van der Waals surface area (Å²) in [5, 5.41) is 10.1. The zero-order valence-corrected chi connectivity index (χ0v) is 14.8. The largest absolute Gasteiger partial charge is 0.347 e. The van der Waals surface area contributed by atoms with E-state index in [4.69, 9.17) is 12.2 Å². The monoisotopic (exact) mass is 345 g/mol. The van der Waals surface area contributed by atoms with Gasteiger partial charge in [-0.3, -0.25) is 19.4 Å². The molecule has 0 bridgehead atoms. The molecule has 1 aliphatic rings. The van der Waals surface area contributed by atoms with Crippen LogP contribution in [0.1, 0.15) is 43.2 Å². The Bertz CT molecular complexity index is 750. The van der Waals surface area contributed by atoms with Crippen LogP contribution in [0.15, 0.2) is 30.3 Å². The first-order valence-corrected chi connectivity index (χ1v) is 8.71. The number of hydrogen-bond donors (Lipinski definition) is 2. The molecular formula is C17H23N5OS. The van der Waals surface area contributed by atoms with Gasteiger partial charge in [0.2, 0.25) is 5.91 Å². The van der Waals surface area contributed by atoms with Gasteiger partial charge in [0.1, 0.15) is 6.04 Å². The quantitative estimate of drug-likeness (QED) is 0.757. The van der Waals surface area contributed by atoms with Crippen LogP contribution >= 0.6 is 12.2 Å². The number of nitrogens with zero attached hydrogens (tertiary/aromatic N) is 3. The van der Waals surface area contributed by atoms with E-state index in [0.29, 0.717) is 17.4 Å². The van der Waals surface area contributed by atoms with Crippen molar-refractivity contribution in [1.82, 2.24) is 25.0 Å². The lowest BCUT2D eigenvalue weighted by molar-refractivity contribution is -0.126. The fraction of sp³-hybridized carbons (Fsp3) is 0.471. The lowest BCUT2D eigenvalue weighted by atomic mass is 10.0. The molecule has 1 aromatic carbocycles. The van der Waals surface area contributed by atoms with Crippen LogP contribution in [-0.4, -0.2) is 39.2 Å². The first-order valence-electron chi connectivity index (χ1n) is 8.30. The van der Waals surface area contributed by atoms with E-state index in [9.17, 15) is 4.79 Å². The number of aromatic amines is 1. The Morgan fingerprint density at radius 2 is 2.17 bits per heavy atom. The minimum absolute atomic E-state index is 0.0261. The summed E-state index contributed by atoms with van der Waals surface area (Å²) in [6.45, 7) is 3.21. The maximum atomic E-state index is 12.8. The molecule has 0 unspecified atom stereocenters. The highest BCUT2D eigenvalue weighted by molar-refractivity contribution is 7.71. The summed E-state index contributed by atoms with van der Waals surface area (Å²) >= 11 is 5.28. The molecule has 128 valence electrons. The predicted molar refractivity (Wildman–Crippen MR) is 95.0 cm³/mol. The van der Waals surface area contributed by atoms with Crippen molar-refractivity contribution in [2.75, 3.05) is 13.6 Å². The molecule has 2 aromatic rings. The molecular weight excluding hydrogens is 322 g/mol. The third-order valence-electron chi connectivity index (χ3n) is 4.41. The highest BCUT2D eigenvalue weighted by atomic mass is 32.1. The van der Waals surface area contributed by atoms with Crippen molar-refractivity contribution in [2.24, 2.45) is 0 Å². The van der Waals surface area contributed by atoms with Gasteiger partial charge in [-0.2, -0.15) is 5.10 Å². The number of aromatic nitrogens is 3. The number of carbonyl (C=O) groups excluding carboxylic acids is 1. The number of benzene rings is 1. The molecule has 1 aromatic heterocycles. The lowest BCUT2D eigenvalue weighted by Crippen LogP contribution is -2.38. The summed E-state index contributed by atoms with van der Waals surface area (Å²) in [6.07, 6.45) is 2.25. The second kappa shape index (κ2) is 7.27. The standard InChI is InChI=1S/C17H23N5OS/c1-3-21(2)15(12-7-5-4-6-8-12)16(23)18-11-14-19-20-17(24)22(14)13-9-10-13/h4-8,13,15H,3,9-11H2,1-2H3,(H,18,23)(H,20,24)/t15-/m1/s1. The van der Waals surface area contributed by atoms with E-state index in [1.165, 1.54) is 0 Å². The van der Waals surface area contributed by atoms with Gasteiger partial charge in [0.25, 0.3) is 0 Å². The summed E-state index contributed by atoms with van der Waals surface area (Å²) in [5.41, 5.74) is 0.986. The first kappa shape index (κ1) is 16.9. The molecule has 2 N–H and O–H groups in total. The molecule has 7 heteroatoms. The highest BCUT2D eigenvalue weighted by Crippen LogP contribution is 2.35. The van der Waals surface area contributed by atoms with Gasteiger partial charge in [0.05, 0.1) is 6.54 Å². The zero-order valence-electron chi connectivity index (χ0n) is 14.0. The molecule has 3 rings (SSSR count). The van der Waals surface area contributed by atoms with Crippen molar-refractivity contribution >= 4 is 18.1 Å². The normalized spacial score (nSPS) is 15.5. The van der Waals surface area contributed by atoms with Gasteiger partial charge in [-0.15, -0.1) is 0 Å². The van der Waals surface area contributed by atoms with Gasteiger partial charge >= 0.3 is 0 Å². The summed E-state index contributed by atoms with van der Waals surface area (Å²) in [6, 6.07) is 9.96. The molecule has 24 heavy (non-hydrogen) atoms. The molecule has 0 spiro atoms. The van der Waals surface area contributed by atoms with Crippen molar-refractivity contribution in [3.63, 3.8) is 0 Å². The first-order chi connectivity index (χ1) is 11.6. The van der Waals surface area contributed by atoms with Crippen molar-refractivity contribution in [1.29, 1.82) is 0 Å². The second-order valence-corrected chi connectivity index (χ2v) is 6.54. The van der Waals surface area contributed by atoms with Crippen LogP contribution in [0.25, 0.3) is 0 Å². The van der Waals surface area contributed by atoms with Crippen molar-refractivity contribution in [3.8, 4) is 0 Å². The number of carbonyl (C=O) groups is 1. The van der Waals surface area contributed by atoms with Crippen LogP contribution in [-0.2, 0) is 11.3 Å². The average molecular weight is 345 g/mol. The van der Waals surface area contributed by atoms with E-state index in [1.54, 1.807) is 0 Å². The van der Waals surface area contributed by atoms with E-state index < -0.39 is 0 Å². The van der Waals surface area contributed by atoms with E-state index in [-0.39, 0.29) is 11.9 Å². The zero-order chi connectivity index (χ0) is 17.1. The number of rotatable bonds is 7. The number of likely N-dealkylation sites (N-methyl/N-ethyl adjacent to an activating group) is 1. The molecule has 0 saturated heterocycles. The molecule has 6 nitrogen and oxygen atoms in total. The van der Waals surface area contributed by atoms with E-state index in [1.807, 2.05) is 53.8 Å². The van der Waals surface area contributed by atoms with Gasteiger partial charge in [-0.05, 0) is 44.2 Å². The van der Waals surface area contributed by atoms with Crippen LogP contribution in [0.3, 0.4) is 0 Å². The lowest BCUT2D eigenvalue weighted by Gasteiger charge is -2.26. The van der Waals surface area contributed by atoms with Gasteiger partial charge < -0.3 is 5.32 Å². The number of H-pyrrole nitrogens is 1. The highest BCUT2D eigenvalue weighted by Gasteiger charge is 2.28. The van der Waals surface area contributed by atoms with Gasteiger partial charge in [-0.25, -0.2) is 0 Å². The summed E-state index contributed by atoms with van der Waals surface area (Å²) < 4.78 is 2.66. The molecule has 0 aliphatic heterocycles. The van der Waals surface area contributed by atoms with Crippen LogP contribution in [0.5, 0.6) is 0 Å². The average Bonchev–Trinajstić information content (AvgIpc) is 3.36. The fourth-order valence-electron chi connectivity index (χ4n) is 2.86. The molecule has 1 atom stereocenters. The summed E-state index contributed by atoms with van der Waals surface area (Å²) in [7, 11) is 1.96. The Morgan fingerprint density at radius 3 is 2.79 bits per heavy atom. The Kier molecular flexibility index (Phi) is 5.11. The predicted octanol–water partition coefficient (Wildman–Crippen LogP) is 2.58. The van der Waals surface area contributed by atoms with Crippen molar-refractivity contribution < 1.29 is 4.79 Å². The van der Waals surface area contributed by atoms with Gasteiger partial charge in [-0.1, -0.05) is 37.3 Å². The van der Waals surface area contributed by atoms with Crippen molar-refractivity contribution in [2.45, 2.75) is 38.4 Å². The summed E-state index contributed by atoms with van der Waals surface area (Å²) in [4.78, 5) is 14.8. The van der Waals surface area contributed by atoms with E-state index in [2.05, 4.69) is 15.5 Å². The SMILES string of the molecule is CCN(C)[C@@H](C(=O)NCc1n[nH]c(=S)n1C1CC1)c1ccccc1. The summed E-state index contributed by atoms with van der Waals surface area (Å²) in [5.74, 6) is 0.767. The van der Waals surface area contributed by atoms with Crippen LogP contribution in [0, 0.1) is 4.77 Å². The Hall–Kier alpha value is -1.99. The molecule has 1 aliphatic carbocycles. The molecule has 1 saturated carbocycles.